The molecule has 0 spiro atoms. The summed E-state index contributed by atoms with van der Waals surface area (Å²) in [5, 5.41) is 0. The molecule has 19 heavy (non-hydrogen) atoms. The predicted molar refractivity (Wildman–Crippen MR) is 74.0 cm³/mol. The SMILES string of the molecule is C/C(=C\C(=O)N=S(CC(C)C)CC(C)C)C(F)(F)F. The number of allylic oxidation sites excluding steroid dienone is 1. The van der Waals surface area contributed by atoms with E-state index >= 15 is 0 Å². The van der Waals surface area contributed by atoms with Crippen LogP contribution in [-0.2, 0) is 15.5 Å². The van der Waals surface area contributed by atoms with Crippen LogP contribution in [0.15, 0.2) is 16.0 Å². The molecule has 0 aliphatic rings. The summed E-state index contributed by atoms with van der Waals surface area (Å²) in [7, 11) is -0.494. The lowest BCUT2D eigenvalue weighted by molar-refractivity contribution is -0.114. The highest BCUT2D eigenvalue weighted by molar-refractivity contribution is 7.87. The summed E-state index contributed by atoms with van der Waals surface area (Å²) < 4.78 is 40.8. The van der Waals surface area contributed by atoms with Gasteiger partial charge in [0.2, 0.25) is 0 Å². The molecule has 1 amide bonds. The molecule has 0 atom stereocenters. The first-order valence-corrected chi connectivity index (χ1v) is 7.73. The van der Waals surface area contributed by atoms with Crippen LogP contribution >= 0.6 is 0 Å². The van der Waals surface area contributed by atoms with Gasteiger partial charge in [-0.25, -0.2) is 0 Å². The first kappa shape index (κ1) is 18.4. The summed E-state index contributed by atoms with van der Waals surface area (Å²) >= 11 is 0. The van der Waals surface area contributed by atoms with Gasteiger partial charge >= 0.3 is 6.18 Å². The third-order valence-corrected chi connectivity index (χ3v) is 4.60. The van der Waals surface area contributed by atoms with Gasteiger partial charge < -0.3 is 0 Å². The largest absolute Gasteiger partial charge is 0.412 e. The fourth-order valence-corrected chi connectivity index (χ4v) is 3.46. The maximum atomic E-state index is 12.3. The van der Waals surface area contributed by atoms with Crippen molar-refractivity contribution in [2.24, 2.45) is 16.2 Å². The monoisotopic (exact) mass is 297 g/mol. The topological polar surface area (TPSA) is 29.4 Å². The highest BCUT2D eigenvalue weighted by atomic mass is 32.2. The highest BCUT2D eigenvalue weighted by Crippen LogP contribution is 2.24. The number of halogens is 3. The zero-order valence-corrected chi connectivity index (χ0v) is 12.9. The van der Waals surface area contributed by atoms with E-state index in [0.717, 1.165) is 18.4 Å². The Bertz CT molecular complexity index is 359. The molecule has 0 aliphatic carbocycles. The molecule has 0 aromatic carbocycles. The number of rotatable bonds is 5. The third-order valence-electron chi connectivity index (χ3n) is 2.06. The first-order chi connectivity index (χ1) is 8.52. The molecular formula is C13H22F3NOS. The van der Waals surface area contributed by atoms with E-state index < -0.39 is 28.3 Å². The minimum Gasteiger partial charge on any atom is -0.267 e. The molecule has 0 rings (SSSR count). The summed E-state index contributed by atoms with van der Waals surface area (Å²) in [6.45, 7) is 8.93. The van der Waals surface area contributed by atoms with Gasteiger partial charge in [-0.05, 0) is 18.8 Å². The number of carbonyl (C=O) groups excluding carboxylic acids is 1. The van der Waals surface area contributed by atoms with E-state index in [-0.39, 0.29) is 0 Å². The molecule has 0 aromatic heterocycles. The van der Waals surface area contributed by atoms with E-state index in [1.54, 1.807) is 0 Å². The van der Waals surface area contributed by atoms with E-state index in [2.05, 4.69) is 4.36 Å². The summed E-state index contributed by atoms with van der Waals surface area (Å²) in [4.78, 5) is 11.5. The number of carbonyl (C=O) groups is 1. The van der Waals surface area contributed by atoms with Crippen LogP contribution in [0.4, 0.5) is 13.2 Å². The lowest BCUT2D eigenvalue weighted by Gasteiger charge is -2.12. The van der Waals surface area contributed by atoms with Crippen LogP contribution in [0, 0.1) is 11.8 Å². The summed E-state index contributed by atoms with van der Waals surface area (Å²) in [5.41, 5.74) is -0.904. The van der Waals surface area contributed by atoms with Crippen molar-refractivity contribution in [3.63, 3.8) is 0 Å². The quantitative estimate of drug-likeness (QED) is 0.701. The Balaban J connectivity index is 4.97. The molecule has 112 valence electrons. The lowest BCUT2D eigenvalue weighted by Crippen LogP contribution is -2.14. The highest BCUT2D eigenvalue weighted by Gasteiger charge is 2.30. The van der Waals surface area contributed by atoms with Gasteiger partial charge in [-0.3, -0.25) is 4.79 Å². The first-order valence-electron chi connectivity index (χ1n) is 6.21. The van der Waals surface area contributed by atoms with Crippen LogP contribution < -0.4 is 0 Å². The van der Waals surface area contributed by atoms with Gasteiger partial charge in [0.15, 0.2) is 0 Å². The number of hydrogen-bond donors (Lipinski definition) is 0. The minimum atomic E-state index is -4.46. The standard InChI is InChI=1S/C13H22F3NOS/c1-9(2)7-19(8-10(3)4)17-12(18)6-11(5)13(14,15)16/h6,9-10H,7-8H2,1-5H3/b11-6+. The van der Waals surface area contributed by atoms with E-state index in [4.69, 9.17) is 0 Å². The molecule has 0 aliphatic heterocycles. The van der Waals surface area contributed by atoms with E-state index in [0.29, 0.717) is 17.9 Å². The van der Waals surface area contributed by atoms with Crippen LogP contribution in [0.3, 0.4) is 0 Å². The molecule has 0 fully saturated rings. The van der Waals surface area contributed by atoms with Crippen LogP contribution in [0.5, 0.6) is 0 Å². The molecule has 0 aromatic rings. The number of alkyl halides is 3. The molecule has 0 radical (unpaired) electrons. The van der Waals surface area contributed by atoms with Crippen LogP contribution in [0.2, 0.25) is 0 Å². The molecular weight excluding hydrogens is 275 g/mol. The van der Waals surface area contributed by atoms with Gasteiger partial charge in [0.1, 0.15) is 0 Å². The van der Waals surface area contributed by atoms with Gasteiger partial charge in [0.25, 0.3) is 5.91 Å². The van der Waals surface area contributed by atoms with E-state index in [9.17, 15) is 18.0 Å². The van der Waals surface area contributed by atoms with Gasteiger partial charge in [0.05, 0.1) is 0 Å². The average molecular weight is 297 g/mol. The third kappa shape index (κ3) is 8.97. The lowest BCUT2D eigenvalue weighted by atomic mass is 10.3. The van der Waals surface area contributed by atoms with Crippen molar-refractivity contribution in [3.8, 4) is 0 Å². The van der Waals surface area contributed by atoms with Crippen LogP contribution in [0.25, 0.3) is 0 Å². The number of hydrogen-bond acceptors (Lipinski definition) is 1. The molecule has 0 bridgehead atoms. The van der Waals surface area contributed by atoms with Gasteiger partial charge in [-0.15, -0.1) is 0 Å². The zero-order chi connectivity index (χ0) is 15.2. The Labute approximate surface area is 115 Å². The Morgan fingerprint density at radius 1 is 1.16 bits per heavy atom. The van der Waals surface area contributed by atoms with Gasteiger partial charge in [-0.2, -0.15) is 17.5 Å². The van der Waals surface area contributed by atoms with Crippen molar-refractivity contribution >= 4 is 16.6 Å². The fourth-order valence-electron chi connectivity index (χ4n) is 1.33. The van der Waals surface area contributed by atoms with Crippen LogP contribution in [-0.4, -0.2) is 23.6 Å². The maximum absolute atomic E-state index is 12.3. The summed E-state index contributed by atoms with van der Waals surface area (Å²) in [6, 6.07) is 0. The zero-order valence-electron chi connectivity index (χ0n) is 12.0. The molecule has 0 saturated carbocycles. The predicted octanol–water partition coefficient (Wildman–Crippen LogP) is 4.14. The Hall–Kier alpha value is -0.650. The van der Waals surface area contributed by atoms with Crippen molar-refractivity contribution in [2.75, 3.05) is 11.5 Å². The second kappa shape index (κ2) is 7.82. The molecule has 6 heteroatoms. The second-order valence-electron chi connectivity index (χ2n) is 5.34. The number of nitrogens with zero attached hydrogens (tertiary/aromatic N) is 1. The Morgan fingerprint density at radius 2 is 1.58 bits per heavy atom. The molecule has 0 N–H and O–H groups in total. The molecule has 0 saturated heterocycles. The van der Waals surface area contributed by atoms with Gasteiger partial charge in [-0.1, -0.05) is 38.4 Å². The van der Waals surface area contributed by atoms with Crippen molar-refractivity contribution in [1.82, 2.24) is 0 Å². The second-order valence-corrected chi connectivity index (χ2v) is 7.11. The average Bonchev–Trinajstić information content (AvgIpc) is 2.12. The van der Waals surface area contributed by atoms with Crippen molar-refractivity contribution in [3.05, 3.63) is 11.6 Å². The molecule has 2 nitrogen and oxygen atoms in total. The fraction of sp³-hybridized carbons (Fsp3) is 0.769. The summed E-state index contributed by atoms with van der Waals surface area (Å²) in [6.07, 6.45) is -3.87. The normalized spacial score (nSPS) is 13.5. The van der Waals surface area contributed by atoms with Crippen molar-refractivity contribution in [1.29, 1.82) is 0 Å². The maximum Gasteiger partial charge on any atom is 0.412 e. The van der Waals surface area contributed by atoms with E-state index in [1.165, 1.54) is 0 Å². The molecule has 0 unspecified atom stereocenters. The Morgan fingerprint density at radius 3 is 1.89 bits per heavy atom. The smallest absolute Gasteiger partial charge is 0.267 e. The number of amides is 1. The van der Waals surface area contributed by atoms with Crippen molar-refractivity contribution < 1.29 is 18.0 Å². The minimum absolute atomic E-state index is 0.367. The Kier molecular flexibility index (Phi) is 7.55. The van der Waals surface area contributed by atoms with E-state index in [1.807, 2.05) is 27.7 Å². The van der Waals surface area contributed by atoms with Crippen molar-refractivity contribution in [2.45, 2.75) is 40.8 Å². The summed E-state index contributed by atoms with van der Waals surface area (Å²) in [5.74, 6) is 1.43. The van der Waals surface area contributed by atoms with Gasteiger partial charge in [0, 0.05) is 23.2 Å². The van der Waals surface area contributed by atoms with Crippen LogP contribution in [0.1, 0.15) is 34.6 Å². The molecule has 0 heterocycles.